The molecule has 2 aromatic carbocycles. The van der Waals surface area contributed by atoms with Gasteiger partial charge < -0.3 is 0 Å². The standard InChI is InChI=1S/C38H64N2/c1-5-9-13-15-23-31-39(29-21-11-7-3)33-35-25-17-19-27-37(35)38-28-20-18-26-36(38)34-40(30-22-12-8-4)32-24-16-14-10-6-2/h17-20,25-28H,5-16,21-24,29-34H2,1-4H3. The average Bonchev–Trinajstić information content (AvgIpc) is 2.97. The third kappa shape index (κ3) is 14.3. The summed E-state index contributed by atoms with van der Waals surface area (Å²) in [5, 5.41) is 0. The topological polar surface area (TPSA) is 6.48 Å². The first-order chi connectivity index (χ1) is 19.7. The third-order valence-electron chi connectivity index (χ3n) is 8.42. The second-order valence-electron chi connectivity index (χ2n) is 12.1. The van der Waals surface area contributed by atoms with Gasteiger partial charge in [0.15, 0.2) is 0 Å². The molecule has 2 aromatic rings. The van der Waals surface area contributed by atoms with Crippen LogP contribution >= 0.6 is 0 Å². The van der Waals surface area contributed by atoms with E-state index in [9.17, 15) is 0 Å². The lowest BCUT2D eigenvalue weighted by Gasteiger charge is -2.26. The Morgan fingerprint density at radius 2 is 0.675 bits per heavy atom. The van der Waals surface area contributed by atoms with Crippen LogP contribution in [0.2, 0.25) is 0 Å². The van der Waals surface area contributed by atoms with Gasteiger partial charge in [-0.1, -0.05) is 153 Å². The minimum atomic E-state index is 1.07. The molecule has 0 aromatic heterocycles. The molecule has 0 radical (unpaired) electrons. The Morgan fingerprint density at radius 3 is 1.05 bits per heavy atom. The average molecular weight is 549 g/mol. The molecule has 0 saturated heterocycles. The normalized spacial score (nSPS) is 11.7. The molecule has 0 saturated carbocycles. The van der Waals surface area contributed by atoms with E-state index >= 15 is 0 Å². The van der Waals surface area contributed by atoms with Gasteiger partial charge in [-0.15, -0.1) is 0 Å². The molecule has 0 spiro atoms. The monoisotopic (exact) mass is 549 g/mol. The van der Waals surface area contributed by atoms with Gasteiger partial charge in [0.2, 0.25) is 0 Å². The molecular weight excluding hydrogens is 484 g/mol. The molecule has 2 rings (SSSR count). The molecule has 0 heterocycles. The number of unbranched alkanes of at least 4 members (excludes halogenated alkanes) is 12. The second-order valence-corrected chi connectivity index (χ2v) is 12.1. The Hall–Kier alpha value is -1.64. The summed E-state index contributed by atoms with van der Waals surface area (Å²) in [6.45, 7) is 16.3. The molecule has 2 heteroatoms. The van der Waals surface area contributed by atoms with Gasteiger partial charge in [0.1, 0.15) is 0 Å². The molecule has 0 bridgehead atoms. The van der Waals surface area contributed by atoms with E-state index in [1.54, 1.807) is 0 Å². The zero-order valence-corrected chi connectivity index (χ0v) is 27.1. The van der Waals surface area contributed by atoms with Crippen molar-refractivity contribution in [2.24, 2.45) is 0 Å². The van der Waals surface area contributed by atoms with E-state index in [4.69, 9.17) is 0 Å². The van der Waals surface area contributed by atoms with Crippen molar-refractivity contribution in [3.8, 4) is 11.1 Å². The summed E-state index contributed by atoms with van der Waals surface area (Å²) in [6.07, 6.45) is 21.5. The van der Waals surface area contributed by atoms with Crippen LogP contribution in [0.1, 0.15) is 142 Å². The molecule has 0 aliphatic carbocycles. The largest absolute Gasteiger partial charge is 0.299 e. The van der Waals surface area contributed by atoms with Gasteiger partial charge in [0.25, 0.3) is 0 Å². The number of nitrogens with zero attached hydrogens (tertiary/aromatic N) is 2. The molecule has 0 atom stereocenters. The van der Waals surface area contributed by atoms with Crippen molar-refractivity contribution < 1.29 is 0 Å². The van der Waals surface area contributed by atoms with Gasteiger partial charge >= 0.3 is 0 Å². The zero-order valence-electron chi connectivity index (χ0n) is 27.1. The first kappa shape index (κ1) is 34.6. The Labute approximate surface area is 249 Å². The van der Waals surface area contributed by atoms with E-state index in [2.05, 4.69) is 86.0 Å². The third-order valence-corrected chi connectivity index (χ3v) is 8.42. The van der Waals surface area contributed by atoms with Crippen LogP contribution in [-0.4, -0.2) is 36.0 Å². The van der Waals surface area contributed by atoms with Crippen molar-refractivity contribution in [2.75, 3.05) is 26.2 Å². The lowest BCUT2D eigenvalue weighted by molar-refractivity contribution is 0.252. The van der Waals surface area contributed by atoms with Gasteiger partial charge in [-0.3, -0.25) is 9.80 Å². The Balaban J connectivity index is 2.18. The highest BCUT2D eigenvalue weighted by atomic mass is 15.1. The fraction of sp³-hybridized carbons (Fsp3) is 0.684. The van der Waals surface area contributed by atoms with E-state index in [-0.39, 0.29) is 0 Å². The van der Waals surface area contributed by atoms with Crippen molar-refractivity contribution in [3.05, 3.63) is 59.7 Å². The lowest BCUT2D eigenvalue weighted by atomic mass is 9.94. The first-order valence-corrected chi connectivity index (χ1v) is 17.3. The minimum absolute atomic E-state index is 1.07. The summed E-state index contributed by atoms with van der Waals surface area (Å²) in [5.74, 6) is 0. The van der Waals surface area contributed by atoms with E-state index in [1.807, 2.05) is 0 Å². The summed E-state index contributed by atoms with van der Waals surface area (Å²) < 4.78 is 0. The van der Waals surface area contributed by atoms with Crippen LogP contribution in [0.3, 0.4) is 0 Å². The maximum Gasteiger partial charge on any atom is 0.0239 e. The first-order valence-electron chi connectivity index (χ1n) is 17.3. The number of benzene rings is 2. The molecule has 0 N–H and O–H groups in total. The predicted molar refractivity (Wildman–Crippen MR) is 179 cm³/mol. The van der Waals surface area contributed by atoms with Gasteiger partial charge in [-0.25, -0.2) is 0 Å². The fourth-order valence-electron chi connectivity index (χ4n) is 5.91. The van der Waals surface area contributed by atoms with Crippen molar-refractivity contribution in [1.29, 1.82) is 0 Å². The Morgan fingerprint density at radius 1 is 0.375 bits per heavy atom. The minimum Gasteiger partial charge on any atom is -0.299 e. The van der Waals surface area contributed by atoms with E-state index in [1.165, 1.54) is 151 Å². The van der Waals surface area contributed by atoms with Crippen LogP contribution in [0.4, 0.5) is 0 Å². The lowest BCUT2D eigenvalue weighted by Crippen LogP contribution is -2.27. The van der Waals surface area contributed by atoms with Crippen molar-refractivity contribution in [1.82, 2.24) is 9.80 Å². The van der Waals surface area contributed by atoms with E-state index in [0.29, 0.717) is 0 Å². The van der Waals surface area contributed by atoms with Crippen molar-refractivity contribution in [3.63, 3.8) is 0 Å². The molecule has 0 unspecified atom stereocenters. The molecule has 226 valence electrons. The van der Waals surface area contributed by atoms with Crippen molar-refractivity contribution in [2.45, 2.75) is 144 Å². The molecular formula is C38H64N2. The van der Waals surface area contributed by atoms with Gasteiger partial charge in [-0.05, 0) is 74.1 Å². The summed E-state index contributed by atoms with van der Waals surface area (Å²) in [7, 11) is 0. The molecule has 2 nitrogen and oxygen atoms in total. The summed E-state index contributed by atoms with van der Waals surface area (Å²) in [4.78, 5) is 5.49. The maximum atomic E-state index is 2.75. The summed E-state index contributed by atoms with van der Waals surface area (Å²) in [6, 6.07) is 18.5. The summed E-state index contributed by atoms with van der Waals surface area (Å²) >= 11 is 0. The van der Waals surface area contributed by atoms with Crippen LogP contribution in [0, 0.1) is 0 Å². The molecule has 0 amide bonds. The zero-order chi connectivity index (χ0) is 28.7. The van der Waals surface area contributed by atoms with E-state index in [0.717, 1.165) is 13.1 Å². The highest BCUT2D eigenvalue weighted by Crippen LogP contribution is 2.29. The Kier molecular flexibility index (Phi) is 19.9. The van der Waals surface area contributed by atoms with Gasteiger partial charge in [0, 0.05) is 13.1 Å². The number of hydrogen-bond donors (Lipinski definition) is 0. The summed E-state index contributed by atoms with van der Waals surface area (Å²) in [5.41, 5.74) is 5.89. The second kappa shape index (κ2) is 23.0. The smallest absolute Gasteiger partial charge is 0.0239 e. The maximum absolute atomic E-state index is 2.75. The van der Waals surface area contributed by atoms with Crippen LogP contribution in [-0.2, 0) is 13.1 Å². The van der Waals surface area contributed by atoms with Crippen LogP contribution in [0.15, 0.2) is 48.5 Å². The molecule has 0 fully saturated rings. The molecule has 0 aliphatic rings. The highest BCUT2D eigenvalue weighted by molar-refractivity contribution is 5.70. The van der Waals surface area contributed by atoms with Crippen LogP contribution in [0.5, 0.6) is 0 Å². The SMILES string of the molecule is CCCCCCCN(CCCCC)Cc1ccccc1-c1ccccc1CN(CCCCC)CCCCCCC. The van der Waals surface area contributed by atoms with Crippen LogP contribution < -0.4 is 0 Å². The molecule has 0 aliphatic heterocycles. The quantitative estimate of drug-likeness (QED) is 0.114. The van der Waals surface area contributed by atoms with Crippen LogP contribution in [0.25, 0.3) is 11.1 Å². The number of hydrogen-bond acceptors (Lipinski definition) is 2. The molecule has 40 heavy (non-hydrogen) atoms. The number of rotatable bonds is 25. The van der Waals surface area contributed by atoms with Gasteiger partial charge in [-0.2, -0.15) is 0 Å². The van der Waals surface area contributed by atoms with Gasteiger partial charge in [0.05, 0.1) is 0 Å². The Bertz CT molecular complexity index is 789. The van der Waals surface area contributed by atoms with Crippen molar-refractivity contribution >= 4 is 0 Å². The predicted octanol–water partition coefficient (Wildman–Crippen LogP) is 11.3. The highest BCUT2D eigenvalue weighted by Gasteiger charge is 2.15. The van der Waals surface area contributed by atoms with E-state index < -0.39 is 0 Å². The fourth-order valence-corrected chi connectivity index (χ4v) is 5.91.